The van der Waals surface area contributed by atoms with Gasteiger partial charge in [-0.25, -0.2) is 0 Å². The minimum Gasteiger partial charge on any atom is -0.491 e. The van der Waals surface area contributed by atoms with Crippen LogP contribution in [0.15, 0.2) is 42.5 Å². The van der Waals surface area contributed by atoms with E-state index >= 15 is 0 Å². The first-order valence-corrected chi connectivity index (χ1v) is 7.78. The number of aryl methyl sites for hydroxylation is 1. The molecule has 0 saturated carbocycles. The molecule has 0 radical (unpaired) electrons. The van der Waals surface area contributed by atoms with Gasteiger partial charge in [-0.15, -0.1) is 0 Å². The third kappa shape index (κ3) is 2.33. The van der Waals surface area contributed by atoms with E-state index in [-0.39, 0.29) is 0 Å². The molecule has 0 atom stereocenters. The predicted octanol–water partition coefficient (Wildman–Crippen LogP) is 3.97. The highest BCUT2D eigenvalue weighted by molar-refractivity contribution is 5.72. The SMILES string of the molecule is c1ccc2c(c1)OCCCN2c1ccc2c(c1)CCCN2. The molecule has 108 valence electrons. The van der Waals surface area contributed by atoms with E-state index < -0.39 is 0 Å². The molecule has 2 aromatic rings. The summed E-state index contributed by atoms with van der Waals surface area (Å²) in [5.41, 5.74) is 5.18. The van der Waals surface area contributed by atoms with Crippen LogP contribution in [0.5, 0.6) is 5.75 Å². The van der Waals surface area contributed by atoms with Gasteiger partial charge in [-0.3, -0.25) is 0 Å². The molecule has 3 nitrogen and oxygen atoms in total. The monoisotopic (exact) mass is 280 g/mol. The molecule has 1 N–H and O–H groups in total. The number of nitrogens with one attached hydrogen (secondary N) is 1. The molecule has 0 aromatic heterocycles. The number of benzene rings is 2. The number of hydrogen-bond donors (Lipinski definition) is 1. The summed E-state index contributed by atoms with van der Waals surface area (Å²) in [6, 6.07) is 15.1. The summed E-state index contributed by atoms with van der Waals surface area (Å²) in [6.45, 7) is 2.88. The number of hydrogen-bond acceptors (Lipinski definition) is 3. The topological polar surface area (TPSA) is 24.5 Å². The van der Waals surface area contributed by atoms with E-state index in [1.807, 2.05) is 6.07 Å². The zero-order valence-corrected chi connectivity index (χ0v) is 12.1. The largest absolute Gasteiger partial charge is 0.491 e. The fraction of sp³-hybridized carbons (Fsp3) is 0.333. The zero-order chi connectivity index (χ0) is 14.1. The van der Waals surface area contributed by atoms with Crippen molar-refractivity contribution in [3.8, 4) is 5.75 Å². The average molecular weight is 280 g/mol. The molecule has 0 spiro atoms. The highest BCUT2D eigenvalue weighted by Crippen LogP contribution is 2.37. The van der Waals surface area contributed by atoms with Crippen LogP contribution in [0.25, 0.3) is 0 Å². The lowest BCUT2D eigenvalue weighted by atomic mass is 10.0. The Labute approximate surface area is 125 Å². The maximum atomic E-state index is 5.86. The summed E-state index contributed by atoms with van der Waals surface area (Å²) in [5.74, 6) is 0.992. The first-order valence-electron chi connectivity index (χ1n) is 7.78. The van der Waals surface area contributed by atoms with Gasteiger partial charge in [0.15, 0.2) is 0 Å². The lowest BCUT2D eigenvalue weighted by Crippen LogP contribution is -2.19. The second kappa shape index (κ2) is 5.32. The quantitative estimate of drug-likeness (QED) is 0.855. The standard InChI is InChI=1S/C18H20N2O/c1-2-7-18-17(6-1)20(11-4-12-21-18)15-8-9-16-14(13-15)5-3-10-19-16/h1-2,6-9,13,19H,3-5,10-12H2. The normalized spacial score (nSPS) is 17.0. The third-order valence-corrected chi connectivity index (χ3v) is 4.28. The van der Waals surface area contributed by atoms with Crippen LogP contribution in [0.1, 0.15) is 18.4 Å². The molecular formula is C18H20N2O. The second-order valence-corrected chi connectivity index (χ2v) is 5.69. The van der Waals surface area contributed by atoms with Crippen LogP contribution in [-0.2, 0) is 6.42 Å². The molecule has 21 heavy (non-hydrogen) atoms. The first kappa shape index (κ1) is 12.6. The Kier molecular flexibility index (Phi) is 3.18. The molecule has 4 rings (SSSR count). The van der Waals surface area contributed by atoms with Crippen molar-refractivity contribution in [1.29, 1.82) is 0 Å². The Balaban J connectivity index is 1.75. The van der Waals surface area contributed by atoms with E-state index in [2.05, 4.69) is 46.6 Å². The molecule has 3 heteroatoms. The van der Waals surface area contributed by atoms with E-state index in [1.165, 1.54) is 35.5 Å². The van der Waals surface area contributed by atoms with Crippen LogP contribution in [0.2, 0.25) is 0 Å². The summed E-state index contributed by atoms with van der Waals surface area (Å²) in [5, 5.41) is 3.48. The molecule has 2 aliphatic rings. The summed E-state index contributed by atoms with van der Waals surface area (Å²) in [4.78, 5) is 2.39. The number of nitrogens with zero attached hydrogens (tertiary/aromatic N) is 1. The van der Waals surface area contributed by atoms with Crippen LogP contribution in [0.3, 0.4) is 0 Å². The summed E-state index contributed by atoms with van der Waals surface area (Å²) in [6.07, 6.45) is 3.43. The van der Waals surface area contributed by atoms with Gasteiger partial charge >= 0.3 is 0 Å². The Morgan fingerprint density at radius 1 is 1.05 bits per heavy atom. The van der Waals surface area contributed by atoms with Crippen LogP contribution in [-0.4, -0.2) is 19.7 Å². The van der Waals surface area contributed by atoms with Gasteiger partial charge in [0.2, 0.25) is 0 Å². The second-order valence-electron chi connectivity index (χ2n) is 5.69. The zero-order valence-electron chi connectivity index (χ0n) is 12.1. The first-order chi connectivity index (χ1) is 10.4. The smallest absolute Gasteiger partial charge is 0.142 e. The van der Waals surface area contributed by atoms with Crippen LogP contribution >= 0.6 is 0 Å². The summed E-state index contributed by atoms with van der Waals surface area (Å²) in [7, 11) is 0. The Hall–Kier alpha value is -2.16. The maximum Gasteiger partial charge on any atom is 0.142 e. The minimum absolute atomic E-state index is 0.792. The third-order valence-electron chi connectivity index (χ3n) is 4.28. The Morgan fingerprint density at radius 3 is 3.00 bits per heavy atom. The fourth-order valence-electron chi connectivity index (χ4n) is 3.22. The molecule has 2 heterocycles. The van der Waals surface area contributed by atoms with Crippen molar-refractivity contribution in [2.45, 2.75) is 19.3 Å². The molecule has 0 amide bonds. The van der Waals surface area contributed by atoms with Gasteiger partial charge in [-0.05, 0) is 55.2 Å². The number of ether oxygens (including phenoxy) is 1. The summed E-state index contributed by atoms with van der Waals surface area (Å²) < 4.78 is 5.86. The van der Waals surface area contributed by atoms with E-state index in [4.69, 9.17) is 4.74 Å². The Bertz CT molecular complexity index is 653. The van der Waals surface area contributed by atoms with Crippen molar-refractivity contribution in [3.05, 3.63) is 48.0 Å². The van der Waals surface area contributed by atoms with Crippen molar-refractivity contribution >= 4 is 17.1 Å². The van der Waals surface area contributed by atoms with E-state index in [0.717, 1.165) is 31.9 Å². The molecule has 0 saturated heterocycles. The van der Waals surface area contributed by atoms with Gasteiger partial charge in [0.1, 0.15) is 5.75 Å². The van der Waals surface area contributed by atoms with E-state index in [0.29, 0.717) is 0 Å². The van der Waals surface area contributed by atoms with Crippen molar-refractivity contribution < 1.29 is 4.74 Å². The fourth-order valence-corrected chi connectivity index (χ4v) is 3.22. The van der Waals surface area contributed by atoms with Crippen molar-refractivity contribution in [3.63, 3.8) is 0 Å². The van der Waals surface area contributed by atoms with Crippen molar-refractivity contribution in [2.75, 3.05) is 29.9 Å². The van der Waals surface area contributed by atoms with Gasteiger partial charge < -0.3 is 15.0 Å². The van der Waals surface area contributed by atoms with E-state index in [1.54, 1.807) is 0 Å². The number of anilines is 3. The molecule has 0 aliphatic carbocycles. The summed E-state index contributed by atoms with van der Waals surface area (Å²) >= 11 is 0. The molecule has 0 fully saturated rings. The van der Waals surface area contributed by atoms with Gasteiger partial charge in [-0.2, -0.15) is 0 Å². The number of para-hydroxylation sites is 2. The Morgan fingerprint density at radius 2 is 2.00 bits per heavy atom. The van der Waals surface area contributed by atoms with Gasteiger partial charge in [-0.1, -0.05) is 12.1 Å². The van der Waals surface area contributed by atoms with Crippen LogP contribution < -0.4 is 15.0 Å². The number of fused-ring (bicyclic) bond motifs is 2. The van der Waals surface area contributed by atoms with Gasteiger partial charge in [0.25, 0.3) is 0 Å². The van der Waals surface area contributed by atoms with Crippen molar-refractivity contribution in [2.24, 2.45) is 0 Å². The highest BCUT2D eigenvalue weighted by atomic mass is 16.5. The van der Waals surface area contributed by atoms with Crippen LogP contribution in [0, 0.1) is 0 Å². The molecule has 0 unspecified atom stereocenters. The average Bonchev–Trinajstić information content (AvgIpc) is 2.77. The lowest BCUT2D eigenvalue weighted by Gasteiger charge is -2.26. The molecular weight excluding hydrogens is 260 g/mol. The van der Waals surface area contributed by atoms with Crippen LogP contribution in [0.4, 0.5) is 17.1 Å². The highest BCUT2D eigenvalue weighted by Gasteiger charge is 2.19. The van der Waals surface area contributed by atoms with Crippen molar-refractivity contribution in [1.82, 2.24) is 0 Å². The predicted molar refractivity (Wildman–Crippen MR) is 86.8 cm³/mol. The molecule has 2 aliphatic heterocycles. The van der Waals surface area contributed by atoms with Gasteiger partial charge in [0.05, 0.1) is 12.3 Å². The van der Waals surface area contributed by atoms with Gasteiger partial charge in [0, 0.05) is 24.5 Å². The molecule has 2 aromatic carbocycles. The molecule has 0 bridgehead atoms. The number of rotatable bonds is 1. The van der Waals surface area contributed by atoms with E-state index in [9.17, 15) is 0 Å². The maximum absolute atomic E-state index is 5.86. The minimum atomic E-state index is 0.792. The lowest BCUT2D eigenvalue weighted by molar-refractivity contribution is 0.322.